The quantitative estimate of drug-likeness (QED) is 0.745. The summed E-state index contributed by atoms with van der Waals surface area (Å²) in [6, 6.07) is 9.86. The van der Waals surface area contributed by atoms with Crippen molar-refractivity contribution >= 4 is 11.6 Å². The Morgan fingerprint density at radius 2 is 1.71 bits per heavy atom. The molecule has 1 aliphatic heterocycles. The van der Waals surface area contributed by atoms with E-state index in [1.54, 1.807) is 0 Å². The van der Waals surface area contributed by atoms with Crippen molar-refractivity contribution in [1.29, 1.82) is 0 Å². The van der Waals surface area contributed by atoms with Crippen molar-refractivity contribution in [2.24, 2.45) is 10.8 Å². The van der Waals surface area contributed by atoms with E-state index in [0.29, 0.717) is 12.8 Å². The number of ketones is 2. The van der Waals surface area contributed by atoms with Crippen LogP contribution >= 0.6 is 0 Å². The summed E-state index contributed by atoms with van der Waals surface area (Å²) in [6.07, 6.45) is 0.627. The molecule has 3 fully saturated rings. The molecule has 4 rings (SSSR count). The molecule has 1 aromatic carbocycles. The molecule has 2 saturated carbocycles. The number of carbonyl (C=O) groups excluding carboxylic acids is 2. The maximum atomic E-state index is 12.9. The van der Waals surface area contributed by atoms with Crippen molar-refractivity contribution in [2.75, 3.05) is 0 Å². The van der Waals surface area contributed by atoms with Crippen LogP contribution in [0, 0.1) is 10.8 Å². The fraction of sp³-hybridized carbons (Fsp3) is 0.556. The Bertz CT molecular complexity index is 648. The number of Topliss-reactive ketones (excluding diaryl/α,β-unsaturated/α-hetero) is 2. The third-order valence-electron chi connectivity index (χ3n) is 5.99. The number of epoxide rings is 1. The van der Waals surface area contributed by atoms with E-state index in [4.69, 9.17) is 4.74 Å². The van der Waals surface area contributed by atoms with E-state index >= 15 is 0 Å². The van der Waals surface area contributed by atoms with E-state index in [-0.39, 0.29) is 29.0 Å². The second-order valence-electron chi connectivity index (χ2n) is 7.67. The van der Waals surface area contributed by atoms with E-state index in [2.05, 4.69) is 20.8 Å². The van der Waals surface area contributed by atoms with Crippen LogP contribution in [0.25, 0.3) is 0 Å². The standard InChI is InChI=1S/C18H20O3/c1-16(2)9-12(19)10-17(3)13(11-7-5-4-6-8-11)14(20)15-18(16,17)21-15/h4-8,13,15H,9-10H2,1-3H3/t13-,15-,17+,18+/m1/s1. The normalized spacial score (nSPS) is 43.4. The van der Waals surface area contributed by atoms with Gasteiger partial charge in [0.25, 0.3) is 0 Å². The smallest absolute Gasteiger partial charge is 0.172 e. The summed E-state index contributed by atoms with van der Waals surface area (Å²) in [6.45, 7) is 6.22. The third-order valence-corrected chi connectivity index (χ3v) is 5.99. The maximum absolute atomic E-state index is 12.9. The van der Waals surface area contributed by atoms with Crippen molar-refractivity contribution in [2.45, 2.75) is 51.2 Å². The molecule has 1 aromatic rings. The van der Waals surface area contributed by atoms with E-state index < -0.39 is 11.0 Å². The van der Waals surface area contributed by atoms with E-state index in [0.717, 1.165) is 5.56 Å². The van der Waals surface area contributed by atoms with Crippen molar-refractivity contribution < 1.29 is 14.3 Å². The molecule has 3 heteroatoms. The molecule has 1 heterocycles. The van der Waals surface area contributed by atoms with Gasteiger partial charge < -0.3 is 4.74 Å². The van der Waals surface area contributed by atoms with Crippen molar-refractivity contribution in [1.82, 2.24) is 0 Å². The van der Waals surface area contributed by atoms with Gasteiger partial charge in [0, 0.05) is 23.7 Å². The summed E-state index contributed by atoms with van der Waals surface area (Å²) in [5.74, 6) is 0.186. The Morgan fingerprint density at radius 1 is 1.05 bits per heavy atom. The molecule has 1 spiro atoms. The zero-order chi connectivity index (χ0) is 15.0. The average molecular weight is 284 g/mol. The van der Waals surface area contributed by atoms with Gasteiger partial charge in [-0.25, -0.2) is 0 Å². The lowest BCUT2D eigenvalue weighted by Gasteiger charge is -2.48. The van der Waals surface area contributed by atoms with E-state index in [1.807, 2.05) is 30.3 Å². The Labute approximate surface area is 124 Å². The van der Waals surface area contributed by atoms with Crippen LogP contribution in [0.2, 0.25) is 0 Å². The zero-order valence-electron chi connectivity index (χ0n) is 12.7. The Morgan fingerprint density at radius 3 is 2.38 bits per heavy atom. The number of rotatable bonds is 1. The molecule has 4 atom stereocenters. The highest BCUT2D eigenvalue weighted by Crippen LogP contribution is 2.74. The zero-order valence-corrected chi connectivity index (χ0v) is 12.7. The van der Waals surface area contributed by atoms with Gasteiger partial charge in [0.2, 0.25) is 0 Å². The summed E-state index contributed by atoms with van der Waals surface area (Å²) in [7, 11) is 0. The second kappa shape index (κ2) is 3.64. The molecule has 0 bridgehead atoms. The van der Waals surface area contributed by atoms with Gasteiger partial charge in [-0.1, -0.05) is 51.1 Å². The molecule has 0 N–H and O–H groups in total. The summed E-state index contributed by atoms with van der Waals surface area (Å²) >= 11 is 0. The molecule has 3 aliphatic rings. The number of carbonyl (C=O) groups is 2. The Balaban J connectivity index is 1.89. The molecule has 0 amide bonds. The van der Waals surface area contributed by atoms with Gasteiger partial charge in [0.1, 0.15) is 17.5 Å². The van der Waals surface area contributed by atoms with Gasteiger partial charge in [0.05, 0.1) is 5.92 Å². The molecular weight excluding hydrogens is 264 g/mol. The highest BCUT2D eigenvalue weighted by atomic mass is 16.6. The first-order valence-electron chi connectivity index (χ1n) is 7.62. The van der Waals surface area contributed by atoms with Gasteiger partial charge in [-0.15, -0.1) is 0 Å². The minimum Gasteiger partial charge on any atom is -0.356 e. The molecule has 21 heavy (non-hydrogen) atoms. The number of hydrogen-bond donors (Lipinski definition) is 0. The van der Waals surface area contributed by atoms with Crippen LogP contribution in [-0.2, 0) is 14.3 Å². The van der Waals surface area contributed by atoms with Crippen molar-refractivity contribution in [3.63, 3.8) is 0 Å². The lowest BCUT2D eigenvalue weighted by molar-refractivity contribution is -0.139. The summed E-state index contributed by atoms with van der Waals surface area (Å²) in [5.41, 5.74) is -0.132. The Hall–Kier alpha value is -1.48. The van der Waals surface area contributed by atoms with Crippen LogP contribution in [0.5, 0.6) is 0 Å². The molecule has 0 aromatic heterocycles. The van der Waals surface area contributed by atoms with Crippen molar-refractivity contribution in [3.05, 3.63) is 35.9 Å². The van der Waals surface area contributed by atoms with Crippen LogP contribution in [0.4, 0.5) is 0 Å². The minimum absolute atomic E-state index is 0.159. The summed E-state index contributed by atoms with van der Waals surface area (Å²) in [4.78, 5) is 25.2. The van der Waals surface area contributed by atoms with Crippen molar-refractivity contribution in [3.8, 4) is 0 Å². The van der Waals surface area contributed by atoms with Crippen LogP contribution in [0.3, 0.4) is 0 Å². The summed E-state index contributed by atoms with van der Waals surface area (Å²) in [5, 5.41) is 0. The topological polar surface area (TPSA) is 46.7 Å². The van der Waals surface area contributed by atoms with Gasteiger partial charge >= 0.3 is 0 Å². The van der Waals surface area contributed by atoms with Crippen LogP contribution in [-0.4, -0.2) is 23.3 Å². The lowest BCUT2D eigenvalue weighted by atomic mass is 9.53. The van der Waals surface area contributed by atoms with Gasteiger partial charge in [-0.05, 0) is 5.56 Å². The van der Waals surface area contributed by atoms with Gasteiger partial charge in [0.15, 0.2) is 5.78 Å². The van der Waals surface area contributed by atoms with Gasteiger partial charge in [-0.3, -0.25) is 9.59 Å². The molecule has 3 nitrogen and oxygen atoms in total. The highest BCUT2D eigenvalue weighted by molar-refractivity contribution is 6.00. The first kappa shape index (κ1) is 13.2. The first-order chi connectivity index (χ1) is 9.83. The molecule has 1 saturated heterocycles. The predicted octanol–water partition coefficient (Wildman–Crippen LogP) is 2.89. The summed E-state index contributed by atoms with van der Waals surface area (Å²) < 4.78 is 5.97. The third kappa shape index (κ3) is 1.34. The SMILES string of the molecule is CC1(C)CC(=O)C[C@@]2(C)[C@H](c3ccccc3)C(=O)[C@H]3O[C@@]312. The number of ether oxygens (including phenoxy) is 1. The molecule has 2 aliphatic carbocycles. The van der Waals surface area contributed by atoms with E-state index in [1.165, 1.54) is 0 Å². The number of benzene rings is 1. The molecular formula is C18H20O3. The van der Waals surface area contributed by atoms with Crippen LogP contribution in [0.15, 0.2) is 30.3 Å². The lowest BCUT2D eigenvalue weighted by Crippen LogP contribution is -2.53. The fourth-order valence-electron chi connectivity index (χ4n) is 5.32. The maximum Gasteiger partial charge on any atom is 0.172 e. The van der Waals surface area contributed by atoms with E-state index in [9.17, 15) is 9.59 Å². The Kier molecular flexibility index (Phi) is 2.29. The minimum atomic E-state index is -0.453. The predicted molar refractivity (Wildman–Crippen MR) is 77.9 cm³/mol. The number of hydrogen-bond acceptors (Lipinski definition) is 3. The first-order valence-corrected chi connectivity index (χ1v) is 7.62. The fourth-order valence-corrected chi connectivity index (χ4v) is 5.32. The monoisotopic (exact) mass is 284 g/mol. The van der Waals surface area contributed by atoms with Crippen LogP contribution < -0.4 is 0 Å². The molecule has 0 unspecified atom stereocenters. The molecule has 0 radical (unpaired) electrons. The highest BCUT2D eigenvalue weighted by Gasteiger charge is 2.85. The average Bonchev–Trinajstić information content (AvgIpc) is 3.11. The largest absolute Gasteiger partial charge is 0.356 e. The van der Waals surface area contributed by atoms with Crippen LogP contribution in [0.1, 0.15) is 45.1 Å². The van der Waals surface area contributed by atoms with Gasteiger partial charge in [-0.2, -0.15) is 0 Å². The molecule has 110 valence electrons. The second-order valence-corrected chi connectivity index (χ2v) is 7.67.